The van der Waals surface area contributed by atoms with Crippen LogP contribution in [0.2, 0.25) is 0 Å². The van der Waals surface area contributed by atoms with E-state index in [0.717, 1.165) is 42.3 Å². The summed E-state index contributed by atoms with van der Waals surface area (Å²) in [4.78, 5) is 14.7. The minimum atomic E-state index is -0.162. The Labute approximate surface area is 151 Å². The summed E-state index contributed by atoms with van der Waals surface area (Å²) in [7, 11) is 0. The maximum Gasteiger partial charge on any atom is 0.235 e. The summed E-state index contributed by atoms with van der Waals surface area (Å²) in [6.07, 6.45) is 3.45. The van der Waals surface area contributed by atoms with Gasteiger partial charge < -0.3 is 4.90 Å². The van der Waals surface area contributed by atoms with Gasteiger partial charge in [0.25, 0.3) is 0 Å². The second kappa shape index (κ2) is 6.67. The molecule has 0 bridgehead atoms. The number of aromatic nitrogens is 3. The third-order valence-corrected chi connectivity index (χ3v) is 5.90. The number of aryl methyl sites for hydroxylation is 1. The first-order chi connectivity index (χ1) is 12.1. The van der Waals surface area contributed by atoms with E-state index in [-0.39, 0.29) is 11.2 Å². The highest BCUT2D eigenvalue weighted by molar-refractivity contribution is 8.00. The monoisotopic (exact) mass is 354 g/mol. The van der Waals surface area contributed by atoms with Crippen LogP contribution in [0.15, 0.2) is 35.5 Å². The normalized spacial score (nSPS) is 16.5. The van der Waals surface area contributed by atoms with Gasteiger partial charge in [-0.1, -0.05) is 30.0 Å². The molecule has 1 aromatic carbocycles. The SMILES string of the molecule is Cc1cc2nnc(SC(C)C(=O)N3CCCCC3)n2c2ccccc12. The average Bonchev–Trinajstić information content (AvgIpc) is 3.04. The lowest BCUT2D eigenvalue weighted by atomic mass is 10.1. The van der Waals surface area contributed by atoms with Crippen molar-refractivity contribution in [2.24, 2.45) is 0 Å². The number of carbonyl (C=O) groups is 1. The molecule has 1 amide bonds. The molecule has 1 atom stereocenters. The largest absolute Gasteiger partial charge is 0.342 e. The summed E-state index contributed by atoms with van der Waals surface area (Å²) >= 11 is 1.50. The summed E-state index contributed by atoms with van der Waals surface area (Å²) in [5, 5.41) is 10.5. The summed E-state index contributed by atoms with van der Waals surface area (Å²) in [5.74, 6) is 0.206. The van der Waals surface area contributed by atoms with Crippen molar-refractivity contribution in [2.45, 2.75) is 43.5 Å². The van der Waals surface area contributed by atoms with Crippen molar-refractivity contribution in [3.63, 3.8) is 0 Å². The maximum absolute atomic E-state index is 12.7. The summed E-state index contributed by atoms with van der Waals surface area (Å²) < 4.78 is 2.06. The summed E-state index contributed by atoms with van der Waals surface area (Å²) in [6, 6.07) is 10.3. The van der Waals surface area contributed by atoms with E-state index < -0.39 is 0 Å². The van der Waals surface area contributed by atoms with Gasteiger partial charge in [0.1, 0.15) is 0 Å². The highest BCUT2D eigenvalue weighted by Gasteiger charge is 2.25. The van der Waals surface area contributed by atoms with Crippen molar-refractivity contribution in [2.75, 3.05) is 13.1 Å². The van der Waals surface area contributed by atoms with Crippen molar-refractivity contribution in [1.29, 1.82) is 0 Å². The lowest BCUT2D eigenvalue weighted by Gasteiger charge is -2.28. The second-order valence-electron chi connectivity index (χ2n) is 6.67. The minimum absolute atomic E-state index is 0.162. The van der Waals surface area contributed by atoms with E-state index in [1.807, 2.05) is 24.0 Å². The quantitative estimate of drug-likeness (QED) is 0.673. The first kappa shape index (κ1) is 16.4. The molecule has 6 heteroatoms. The van der Waals surface area contributed by atoms with Crippen LogP contribution in [-0.4, -0.2) is 43.7 Å². The first-order valence-electron chi connectivity index (χ1n) is 8.84. The van der Waals surface area contributed by atoms with Gasteiger partial charge in [-0.2, -0.15) is 0 Å². The zero-order chi connectivity index (χ0) is 17.4. The van der Waals surface area contributed by atoms with E-state index in [2.05, 4.69) is 39.7 Å². The molecule has 3 heterocycles. The number of carbonyl (C=O) groups excluding carboxylic acids is 1. The number of piperidine rings is 1. The fraction of sp³-hybridized carbons (Fsp3) is 0.421. The Bertz CT molecular complexity index is 930. The fourth-order valence-electron chi connectivity index (χ4n) is 3.53. The van der Waals surface area contributed by atoms with Crippen LogP contribution in [0, 0.1) is 6.92 Å². The van der Waals surface area contributed by atoms with Crippen molar-refractivity contribution < 1.29 is 4.79 Å². The van der Waals surface area contributed by atoms with Crippen LogP contribution in [0.5, 0.6) is 0 Å². The van der Waals surface area contributed by atoms with Gasteiger partial charge in [-0.15, -0.1) is 10.2 Å². The smallest absolute Gasteiger partial charge is 0.235 e. The minimum Gasteiger partial charge on any atom is -0.342 e. The molecule has 1 fully saturated rings. The first-order valence-corrected chi connectivity index (χ1v) is 9.72. The van der Waals surface area contributed by atoms with E-state index in [1.54, 1.807) is 0 Å². The van der Waals surface area contributed by atoms with Gasteiger partial charge in [0.15, 0.2) is 10.8 Å². The number of thioether (sulfide) groups is 1. The predicted octanol–water partition coefficient (Wildman–Crippen LogP) is 3.68. The molecule has 5 nitrogen and oxygen atoms in total. The molecule has 0 spiro atoms. The standard InChI is InChI=1S/C19H22N4OS/c1-13-12-17-20-21-19(23(17)16-9-5-4-8-15(13)16)25-14(2)18(24)22-10-6-3-7-11-22/h4-5,8-9,12,14H,3,6-7,10-11H2,1-2H3. The Hall–Kier alpha value is -2.08. The highest BCUT2D eigenvalue weighted by atomic mass is 32.2. The van der Waals surface area contributed by atoms with Crippen LogP contribution in [0.1, 0.15) is 31.7 Å². The molecule has 4 rings (SSSR count). The van der Waals surface area contributed by atoms with Crippen LogP contribution in [0.25, 0.3) is 16.6 Å². The van der Waals surface area contributed by atoms with Crippen LogP contribution >= 0.6 is 11.8 Å². The third-order valence-electron chi connectivity index (χ3n) is 4.87. The Kier molecular flexibility index (Phi) is 4.37. The number of rotatable bonds is 3. The maximum atomic E-state index is 12.7. The van der Waals surface area contributed by atoms with E-state index in [1.165, 1.54) is 29.1 Å². The van der Waals surface area contributed by atoms with Gasteiger partial charge in [0.05, 0.1) is 10.8 Å². The molecule has 3 aromatic rings. The average molecular weight is 354 g/mol. The number of amides is 1. The molecule has 0 radical (unpaired) electrons. The summed E-state index contributed by atoms with van der Waals surface area (Å²) in [5.41, 5.74) is 3.10. The lowest BCUT2D eigenvalue weighted by Crippen LogP contribution is -2.40. The van der Waals surface area contributed by atoms with Gasteiger partial charge in [0, 0.05) is 18.5 Å². The van der Waals surface area contributed by atoms with Crippen molar-refractivity contribution in [1.82, 2.24) is 19.5 Å². The topological polar surface area (TPSA) is 50.5 Å². The predicted molar refractivity (Wildman–Crippen MR) is 101 cm³/mol. The number of hydrogen-bond acceptors (Lipinski definition) is 4. The number of fused-ring (bicyclic) bond motifs is 3. The van der Waals surface area contributed by atoms with Gasteiger partial charge in [-0.25, -0.2) is 0 Å². The fourth-order valence-corrected chi connectivity index (χ4v) is 4.48. The third kappa shape index (κ3) is 2.99. The molecule has 0 N–H and O–H groups in total. The molecule has 1 unspecified atom stereocenters. The molecule has 1 aliphatic rings. The van der Waals surface area contributed by atoms with Gasteiger partial charge in [-0.05, 0) is 50.8 Å². The van der Waals surface area contributed by atoms with Crippen LogP contribution in [-0.2, 0) is 4.79 Å². The van der Waals surface area contributed by atoms with Crippen LogP contribution in [0.3, 0.4) is 0 Å². The number of pyridine rings is 1. The number of hydrogen-bond donors (Lipinski definition) is 0. The Morgan fingerprint density at radius 3 is 2.72 bits per heavy atom. The summed E-state index contributed by atoms with van der Waals surface area (Å²) in [6.45, 7) is 5.82. The zero-order valence-corrected chi connectivity index (χ0v) is 15.4. The van der Waals surface area contributed by atoms with E-state index in [0.29, 0.717) is 0 Å². The van der Waals surface area contributed by atoms with Crippen molar-refractivity contribution >= 4 is 34.2 Å². The highest BCUT2D eigenvalue weighted by Crippen LogP contribution is 2.29. The number of nitrogens with zero attached hydrogens (tertiary/aromatic N) is 4. The molecule has 0 saturated carbocycles. The molecule has 2 aromatic heterocycles. The molecular weight excluding hydrogens is 332 g/mol. The van der Waals surface area contributed by atoms with Crippen molar-refractivity contribution in [3.05, 3.63) is 35.9 Å². The van der Waals surface area contributed by atoms with Gasteiger partial charge in [-0.3, -0.25) is 9.20 Å². The number of likely N-dealkylation sites (tertiary alicyclic amines) is 1. The van der Waals surface area contributed by atoms with Crippen LogP contribution < -0.4 is 0 Å². The molecule has 130 valence electrons. The van der Waals surface area contributed by atoms with E-state index in [9.17, 15) is 4.79 Å². The van der Waals surface area contributed by atoms with E-state index in [4.69, 9.17) is 0 Å². The van der Waals surface area contributed by atoms with Gasteiger partial charge >= 0.3 is 0 Å². The number of benzene rings is 1. The van der Waals surface area contributed by atoms with Crippen LogP contribution in [0.4, 0.5) is 0 Å². The van der Waals surface area contributed by atoms with Gasteiger partial charge in [0.2, 0.25) is 5.91 Å². The second-order valence-corrected chi connectivity index (χ2v) is 7.97. The Morgan fingerprint density at radius 2 is 1.92 bits per heavy atom. The van der Waals surface area contributed by atoms with E-state index >= 15 is 0 Å². The molecule has 25 heavy (non-hydrogen) atoms. The number of para-hydroxylation sites is 1. The lowest BCUT2D eigenvalue weighted by molar-refractivity contribution is -0.131. The molecule has 1 aliphatic heterocycles. The molecule has 1 saturated heterocycles. The Morgan fingerprint density at radius 1 is 1.16 bits per heavy atom. The Balaban J connectivity index is 1.67. The van der Waals surface area contributed by atoms with Crippen molar-refractivity contribution in [3.8, 4) is 0 Å². The molecular formula is C19H22N4OS. The molecule has 0 aliphatic carbocycles. The zero-order valence-electron chi connectivity index (χ0n) is 14.6.